The maximum Gasteiger partial charge on any atom is 0.131 e. The molecule has 0 aliphatic carbocycles. The average molecular weight is 465 g/mol. The number of aromatic nitrogens is 2. The van der Waals surface area contributed by atoms with Crippen molar-refractivity contribution >= 4 is 22.4 Å². The van der Waals surface area contributed by atoms with Crippen molar-refractivity contribution in [1.82, 2.24) is 9.97 Å². The predicted octanol–water partition coefficient (Wildman–Crippen LogP) is 3.25. The van der Waals surface area contributed by atoms with Gasteiger partial charge in [-0.25, -0.2) is 4.98 Å². The third-order valence-electron chi connectivity index (χ3n) is 6.50. The van der Waals surface area contributed by atoms with Crippen molar-refractivity contribution in [2.45, 2.75) is 32.7 Å². The average Bonchev–Trinajstić information content (AvgIpc) is 2.87. The lowest BCUT2D eigenvalue weighted by atomic mass is 10.1. The molecule has 34 heavy (non-hydrogen) atoms. The molecule has 1 N–H and O–H groups in total. The number of aliphatic hydroxyl groups is 1. The number of morpholine rings is 2. The van der Waals surface area contributed by atoms with Gasteiger partial charge in [-0.3, -0.25) is 4.98 Å². The summed E-state index contributed by atoms with van der Waals surface area (Å²) < 4.78 is 16.9. The van der Waals surface area contributed by atoms with Crippen LogP contribution in [0, 0.1) is 0 Å². The second-order valence-corrected chi connectivity index (χ2v) is 9.03. The molecule has 0 unspecified atom stereocenters. The van der Waals surface area contributed by atoms with Crippen LogP contribution in [0.2, 0.25) is 0 Å². The number of hydrogen-bond acceptors (Lipinski definition) is 8. The molecular weight excluding hydrogens is 432 g/mol. The van der Waals surface area contributed by atoms with Crippen LogP contribution in [0.4, 0.5) is 11.5 Å². The minimum Gasteiger partial charge on any atom is -0.496 e. The van der Waals surface area contributed by atoms with E-state index in [1.807, 2.05) is 30.5 Å². The Bertz CT molecular complexity index is 1150. The Morgan fingerprint density at radius 2 is 1.82 bits per heavy atom. The Morgan fingerprint density at radius 1 is 1.06 bits per heavy atom. The number of fused-ring (bicyclic) bond motifs is 1. The first-order chi connectivity index (χ1) is 16.6. The van der Waals surface area contributed by atoms with E-state index in [9.17, 15) is 5.11 Å². The highest BCUT2D eigenvalue weighted by molar-refractivity contribution is 5.95. The lowest BCUT2D eigenvalue weighted by Gasteiger charge is -2.37. The molecule has 8 heteroatoms. The van der Waals surface area contributed by atoms with Crippen molar-refractivity contribution in [3.05, 3.63) is 42.1 Å². The summed E-state index contributed by atoms with van der Waals surface area (Å²) in [4.78, 5) is 14.5. The molecule has 0 radical (unpaired) electrons. The summed E-state index contributed by atoms with van der Waals surface area (Å²) in [6, 6.07) is 9.98. The van der Waals surface area contributed by atoms with E-state index in [0.29, 0.717) is 19.0 Å². The number of benzene rings is 1. The van der Waals surface area contributed by atoms with Gasteiger partial charge in [0.15, 0.2) is 0 Å². The lowest BCUT2D eigenvalue weighted by Crippen LogP contribution is -2.46. The highest BCUT2D eigenvalue weighted by Crippen LogP contribution is 2.34. The Balaban J connectivity index is 1.61. The Kier molecular flexibility index (Phi) is 6.54. The quantitative estimate of drug-likeness (QED) is 0.617. The fourth-order valence-electron chi connectivity index (χ4n) is 4.90. The van der Waals surface area contributed by atoms with E-state index in [1.54, 1.807) is 7.11 Å². The van der Waals surface area contributed by atoms with Crippen molar-refractivity contribution in [1.29, 1.82) is 0 Å². The van der Waals surface area contributed by atoms with Gasteiger partial charge in [0, 0.05) is 55.0 Å². The smallest absolute Gasteiger partial charge is 0.131 e. The zero-order chi connectivity index (χ0) is 23.7. The number of pyridine rings is 2. The Hall–Kier alpha value is -2.94. The van der Waals surface area contributed by atoms with Crippen LogP contribution in [-0.2, 0) is 16.1 Å². The highest BCUT2D eigenvalue weighted by atomic mass is 16.5. The topological polar surface area (TPSA) is 80.2 Å². The van der Waals surface area contributed by atoms with Gasteiger partial charge in [-0.05, 0) is 38.1 Å². The number of methoxy groups -OCH3 is 1. The van der Waals surface area contributed by atoms with E-state index in [0.717, 1.165) is 65.4 Å². The molecule has 0 saturated carbocycles. The largest absolute Gasteiger partial charge is 0.496 e. The zero-order valence-corrected chi connectivity index (χ0v) is 20.0. The predicted molar refractivity (Wildman–Crippen MR) is 133 cm³/mol. The lowest BCUT2D eigenvalue weighted by molar-refractivity contribution is -0.00544. The van der Waals surface area contributed by atoms with Gasteiger partial charge in [-0.2, -0.15) is 0 Å². The van der Waals surface area contributed by atoms with Crippen molar-refractivity contribution in [3.63, 3.8) is 0 Å². The van der Waals surface area contributed by atoms with E-state index in [2.05, 4.69) is 29.7 Å². The summed E-state index contributed by atoms with van der Waals surface area (Å²) in [5.74, 6) is 1.62. The Labute approximate surface area is 200 Å². The van der Waals surface area contributed by atoms with Gasteiger partial charge in [-0.1, -0.05) is 0 Å². The number of rotatable bonds is 5. The summed E-state index contributed by atoms with van der Waals surface area (Å²) in [5.41, 5.74) is 4.50. The van der Waals surface area contributed by atoms with E-state index >= 15 is 0 Å². The zero-order valence-electron chi connectivity index (χ0n) is 20.0. The molecule has 2 atom stereocenters. The summed E-state index contributed by atoms with van der Waals surface area (Å²) in [6.45, 7) is 8.85. The first-order valence-corrected chi connectivity index (χ1v) is 11.9. The van der Waals surface area contributed by atoms with E-state index in [4.69, 9.17) is 24.2 Å². The molecule has 0 amide bonds. The van der Waals surface area contributed by atoms with Crippen LogP contribution >= 0.6 is 0 Å². The molecule has 0 bridgehead atoms. The van der Waals surface area contributed by atoms with Gasteiger partial charge in [0.25, 0.3) is 0 Å². The van der Waals surface area contributed by atoms with E-state index in [1.165, 1.54) is 0 Å². The minimum absolute atomic E-state index is 0.0957. The number of aliphatic hydroxyl groups excluding tert-OH is 1. The fraction of sp³-hybridized carbons (Fsp3) is 0.462. The molecule has 4 heterocycles. The highest BCUT2D eigenvalue weighted by Gasteiger charge is 2.25. The van der Waals surface area contributed by atoms with Gasteiger partial charge < -0.3 is 29.1 Å². The molecule has 2 aliphatic heterocycles. The van der Waals surface area contributed by atoms with Crippen LogP contribution in [0.15, 0.2) is 36.5 Å². The molecule has 0 spiro atoms. The third-order valence-corrected chi connectivity index (χ3v) is 6.50. The van der Waals surface area contributed by atoms with Gasteiger partial charge in [-0.15, -0.1) is 0 Å². The molecule has 2 aromatic heterocycles. The van der Waals surface area contributed by atoms with E-state index in [-0.39, 0.29) is 18.8 Å². The number of hydrogen-bond donors (Lipinski definition) is 1. The maximum absolute atomic E-state index is 9.75. The van der Waals surface area contributed by atoms with Crippen molar-refractivity contribution in [2.24, 2.45) is 0 Å². The van der Waals surface area contributed by atoms with Crippen molar-refractivity contribution < 1.29 is 19.3 Å². The minimum atomic E-state index is -0.0957. The normalized spacial score (nSPS) is 21.2. The van der Waals surface area contributed by atoms with Crippen LogP contribution in [0.25, 0.3) is 22.2 Å². The van der Waals surface area contributed by atoms with E-state index < -0.39 is 0 Å². The molecule has 8 nitrogen and oxygen atoms in total. The third kappa shape index (κ3) is 4.53. The second kappa shape index (κ2) is 9.74. The van der Waals surface area contributed by atoms with Crippen LogP contribution in [0.1, 0.15) is 19.4 Å². The number of nitrogens with zero attached hydrogens (tertiary/aromatic N) is 4. The summed E-state index contributed by atoms with van der Waals surface area (Å²) in [7, 11) is 1.61. The number of ether oxygens (including phenoxy) is 3. The summed E-state index contributed by atoms with van der Waals surface area (Å²) >= 11 is 0. The molecule has 180 valence electrons. The molecule has 2 fully saturated rings. The van der Waals surface area contributed by atoms with Crippen LogP contribution in [0.5, 0.6) is 5.75 Å². The molecule has 3 aromatic rings. The van der Waals surface area contributed by atoms with Gasteiger partial charge in [0.2, 0.25) is 0 Å². The Morgan fingerprint density at radius 3 is 2.53 bits per heavy atom. The van der Waals surface area contributed by atoms with Gasteiger partial charge in [0.05, 0.1) is 56.0 Å². The first-order valence-electron chi connectivity index (χ1n) is 11.9. The maximum atomic E-state index is 9.75. The monoisotopic (exact) mass is 464 g/mol. The van der Waals surface area contributed by atoms with Crippen LogP contribution in [-0.4, -0.2) is 73.8 Å². The van der Waals surface area contributed by atoms with Crippen molar-refractivity contribution in [3.8, 4) is 17.0 Å². The molecule has 2 aliphatic rings. The molecule has 1 aromatic carbocycles. The summed E-state index contributed by atoms with van der Waals surface area (Å²) in [5, 5.41) is 10.8. The first kappa shape index (κ1) is 22.8. The second-order valence-electron chi connectivity index (χ2n) is 9.03. The molecule has 2 saturated heterocycles. The van der Waals surface area contributed by atoms with Gasteiger partial charge in [0.1, 0.15) is 11.6 Å². The fourth-order valence-corrected chi connectivity index (χ4v) is 4.90. The standard InChI is InChI=1S/C26H32N4O4/c1-17-14-30(15-18(2)34-17)26-12-24(29-6-8-33-9-7-29)21-13-27-22(11-23(21)28-26)19-4-5-25(32-3)20(10-19)16-31/h4-5,10-13,17-18,31H,6-9,14-16H2,1-3H3/t17-,18+. The van der Waals surface area contributed by atoms with Crippen molar-refractivity contribution in [2.75, 3.05) is 56.3 Å². The number of anilines is 2. The molecule has 5 rings (SSSR count). The van der Waals surface area contributed by atoms with Gasteiger partial charge >= 0.3 is 0 Å². The molecular formula is C26H32N4O4. The van der Waals surface area contributed by atoms with Crippen LogP contribution < -0.4 is 14.5 Å². The SMILES string of the molecule is COc1ccc(-c2cc3nc(N4C[C@@H](C)O[C@@H](C)C4)cc(N4CCOCC4)c3cn2)cc1CO. The summed E-state index contributed by atoms with van der Waals surface area (Å²) in [6.07, 6.45) is 2.22. The van der Waals surface area contributed by atoms with Crippen LogP contribution in [0.3, 0.4) is 0 Å².